The number of hydrogen-bond donors (Lipinski definition) is 3. The summed E-state index contributed by atoms with van der Waals surface area (Å²) < 4.78 is 16.0. The molecule has 1 saturated carbocycles. The maximum absolute atomic E-state index is 14.5. The molecule has 152 valence electrons. The van der Waals surface area contributed by atoms with Crippen LogP contribution in [0.2, 0.25) is 5.02 Å². The molecule has 0 spiro atoms. The number of aromatic nitrogens is 4. The molecule has 0 amide bonds. The van der Waals surface area contributed by atoms with Gasteiger partial charge in [-0.05, 0) is 25.8 Å². The van der Waals surface area contributed by atoms with Crippen molar-refractivity contribution in [3.63, 3.8) is 0 Å². The Hall–Kier alpha value is -2.39. The molecule has 3 aromatic heterocycles. The number of thiol groups is 1. The molecule has 2 atom stereocenters. The van der Waals surface area contributed by atoms with Crippen LogP contribution in [0.15, 0.2) is 24.7 Å². The topological polar surface area (TPSA) is 92.9 Å². The Morgan fingerprint density at radius 3 is 2.97 bits per heavy atom. The van der Waals surface area contributed by atoms with E-state index in [2.05, 4.69) is 33.1 Å². The van der Waals surface area contributed by atoms with Crippen molar-refractivity contribution in [1.29, 1.82) is 0 Å². The first-order valence-corrected chi connectivity index (χ1v) is 9.96. The standard InChI is InChI=1S/C19H19ClFN5O2S/c1-19(18(27)28)5-3-2-4-14(19)24-16-13(21)8-22-15(25-16)12-9-26(29)17-11(12)6-10(20)7-23-17/h6-9,14,29H,2-5H2,1H3,(H,27,28)(H,22,24,25). The van der Waals surface area contributed by atoms with Crippen LogP contribution in [0.1, 0.15) is 32.6 Å². The molecule has 2 N–H and O–H groups in total. The van der Waals surface area contributed by atoms with E-state index < -0.39 is 23.2 Å². The van der Waals surface area contributed by atoms with Crippen molar-refractivity contribution in [3.8, 4) is 11.4 Å². The lowest BCUT2D eigenvalue weighted by Gasteiger charge is -2.38. The van der Waals surface area contributed by atoms with Crippen LogP contribution in [0.3, 0.4) is 0 Å². The fourth-order valence-corrected chi connectivity index (χ4v) is 4.26. The third-order valence-electron chi connectivity index (χ3n) is 5.58. The fourth-order valence-electron chi connectivity index (χ4n) is 3.83. The Morgan fingerprint density at radius 2 is 2.21 bits per heavy atom. The van der Waals surface area contributed by atoms with Gasteiger partial charge >= 0.3 is 5.97 Å². The summed E-state index contributed by atoms with van der Waals surface area (Å²) in [6.45, 7) is 1.69. The van der Waals surface area contributed by atoms with Gasteiger partial charge in [-0.1, -0.05) is 37.3 Å². The van der Waals surface area contributed by atoms with Crippen LogP contribution >= 0.6 is 24.4 Å². The largest absolute Gasteiger partial charge is 0.481 e. The zero-order valence-corrected chi connectivity index (χ0v) is 17.2. The highest BCUT2D eigenvalue weighted by atomic mass is 35.5. The third-order valence-corrected chi connectivity index (χ3v) is 6.10. The predicted molar refractivity (Wildman–Crippen MR) is 112 cm³/mol. The number of nitrogens with zero attached hydrogens (tertiary/aromatic N) is 4. The molecule has 0 radical (unpaired) electrons. The monoisotopic (exact) mass is 435 g/mol. The molecule has 0 saturated heterocycles. The van der Waals surface area contributed by atoms with E-state index in [9.17, 15) is 14.3 Å². The number of pyridine rings is 1. The first kappa shape index (κ1) is 19.9. The summed E-state index contributed by atoms with van der Waals surface area (Å²) in [6.07, 6.45) is 7.11. The van der Waals surface area contributed by atoms with E-state index in [-0.39, 0.29) is 11.6 Å². The maximum Gasteiger partial charge on any atom is 0.311 e. The number of aliphatic carboxylic acids is 1. The van der Waals surface area contributed by atoms with Gasteiger partial charge in [-0.25, -0.2) is 19.3 Å². The van der Waals surface area contributed by atoms with Crippen LogP contribution in [0.4, 0.5) is 10.2 Å². The highest BCUT2D eigenvalue weighted by Crippen LogP contribution is 2.38. The Kier molecular flexibility index (Phi) is 5.12. The van der Waals surface area contributed by atoms with Crippen molar-refractivity contribution in [3.05, 3.63) is 35.5 Å². The quantitative estimate of drug-likeness (QED) is 0.525. The Bertz CT molecular complexity index is 1110. The number of anilines is 1. The van der Waals surface area contributed by atoms with E-state index >= 15 is 0 Å². The van der Waals surface area contributed by atoms with E-state index in [0.29, 0.717) is 34.5 Å². The zero-order chi connectivity index (χ0) is 20.8. The van der Waals surface area contributed by atoms with Gasteiger partial charge in [0.15, 0.2) is 23.1 Å². The molecule has 10 heteroatoms. The predicted octanol–water partition coefficient (Wildman–Crippen LogP) is 4.42. The summed E-state index contributed by atoms with van der Waals surface area (Å²) in [7, 11) is 0. The van der Waals surface area contributed by atoms with Gasteiger partial charge in [0.2, 0.25) is 0 Å². The smallest absolute Gasteiger partial charge is 0.311 e. The number of fused-ring (bicyclic) bond motifs is 1. The Morgan fingerprint density at radius 1 is 1.41 bits per heavy atom. The molecular weight excluding hydrogens is 417 g/mol. The average Bonchev–Trinajstić information content (AvgIpc) is 3.01. The Labute approximate surface area is 176 Å². The van der Waals surface area contributed by atoms with Gasteiger partial charge < -0.3 is 10.4 Å². The van der Waals surface area contributed by atoms with E-state index in [4.69, 9.17) is 11.6 Å². The molecule has 3 aromatic rings. The molecule has 7 nitrogen and oxygen atoms in total. The highest BCUT2D eigenvalue weighted by molar-refractivity contribution is 7.78. The van der Waals surface area contributed by atoms with E-state index in [0.717, 1.165) is 19.0 Å². The molecule has 4 rings (SSSR count). The lowest BCUT2D eigenvalue weighted by Crippen LogP contribution is -2.47. The second-order valence-electron chi connectivity index (χ2n) is 7.47. The van der Waals surface area contributed by atoms with Gasteiger partial charge in [-0.3, -0.25) is 8.77 Å². The van der Waals surface area contributed by atoms with Crippen molar-refractivity contribution in [1.82, 2.24) is 18.9 Å². The van der Waals surface area contributed by atoms with Gasteiger partial charge in [0.25, 0.3) is 0 Å². The van der Waals surface area contributed by atoms with Crippen LogP contribution in [0.5, 0.6) is 0 Å². The average molecular weight is 436 g/mol. The number of carboxylic acid groups (broad SMARTS) is 1. The first-order chi connectivity index (χ1) is 13.8. The number of carboxylic acids is 1. The second-order valence-corrected chi connectivity index (χ2v) is 8.33. The summed E-state index contributed by atoms with van der Waals surface area (Å²) >= 11 is 10.4. The molecule has 1 aliphatic rings. The molecule has 2 unspecified atom stereocenters. The van der Waals surface area contributed by atoms with Crippen LogP contribution in [-0.4, -0.2) is 36.0 Å². The van der Waals surface area contributed by atoms with Crippen LogP contribution < -0.4 is 5.32 Å². The second kappa shape index (κ2) is 7.46. The van der Waals surface area contributed by atoms with Crippen molar-refractivity contribution >= 4 is 47.2 Å². The number of nitrogens with one attached hydrogen (secondary N) is 1. The van der Waals surface area contributed by atoms with E-state index in [1.807, 2.05) is 0 Å². The van der Waals surface area contributed by atoms with Gasteiger partial charge in [-0.2, -0.15) is 0 Å². The minimum Gasteiger partial charge on any atom is -0.481 e. The number of rotatable bonds is 4. The lowest BCUT2D eigenvalue weighted by atomic mass is 9.71. The van der Waals surface area contributed by atoms with Crippen molar-refractivity contribution in [2.24, 2.45) is 5.41 Å². The molecule has 0 bridgehead atoms. The minimum absolute atomic E-state index is 0.0237. The van der Waals surface area contributed by atoms with Crippen molar-refractivity contribution in [2.75, 3.05) is 5.32 Å². The van der Waals surface area contributed by atoms with Gasteiger partial charge in [-0.15, -0.1) is 0 Å². The summed E-state index contributed by atoms with van der Waals surface area (Å²) in [5.41, 5.74) is 0.174. The van der Waals surface area contributed by atoms with Crippen LogP contribution in [0, 0.1) is 11.2 Å². The van der Waals surface area contributed by atoms with Crippen molar-refractivity contribution in [2.45, 2.75) is 38.6 Å². The number of carbonyl (C=O) groups is 1. The van der Waals surface area contributed by atoms with Gasteiger partial charge in [0.05, 0.1) is 16.6 Å². The molecule has 0 aliphatic heterocycles. The zero-order valence-electron chi connectivity index (χ0n) is 15.6. The van der Waals surface area contributed by atoms with E-state index in [1.165, 1.54) is 10.2 Å². The van der Waals surface area contributed by atoms with Gasteiger partial charge in [0.1, 0.15) is 0 Å². The number of hydrogen-bond acceptors (Lipinski definition) is 6. The van der Waals surface area contributed by atoms with E-state index in [1.54, 1.807) is 19.2 Å². The molecular formula is C19H19ClFN5O2S. The molecule has 1 fully saturated rings. The fraction of sp³-hybridized carbons (Fsp3) is 0.368. The SMILES string of the molecule is CC1(C(=O)O)CCCCC1Nc1nc(-c2cn(S)c3ncc(Cl)cc23)ncc1F. The molecule has 29 heavy (non-hydrogen) atoms. The van der Waals surface area contributed by atoms with Crippen LogP contribution in [-0.2, 0) is 4.79 Å². The molecule has 3 heterocycles. The first-order valence-electron chi connectivity index (χ1n) is 9.18. The molecule has 0 aromatic carbocycles. The normalized spacial score (nSPS) is 22.0. The Balaban J connectivity index is 1.74. The summed E-state index contributed by atoms with van der Waals surface area (Å²) in [5.74, 6) is -1.30. The number of halogens is 2. The van der Waals surface area contributed by atoms with Crippen molar-refractivity contribution < 1.29 is 14.3 Å². The third kappa shape index (κ3) is 3.53. The minimum atomic E-state index is -0.992. The highest BCUT2D eigenvalue weighted by Gasteiger charge is 2.43. The molecule has 1 aliphatic carbocycles. The van der Waals surface area contributed by atoms with Gasteiger partial charge in [0, 0.05) is 29.4 Å². The maximum atomic E-state index is 14.5. The van der Waals surface area contributed by atoms with Crippen LogP contribution in [0.25, 0.3) is 22.4 Å². The lowest BCUT2D eigenvalue weighted by molar-refractivity contribution is -0.150. The summed E-state index contributed by atoms with van der Waals surface area (Å²) in [6, 6.07) is 1.28. The summed E-state index contributed by atoms with van der Waals surface area (Å²) in [4.78, 5) is 24.5. The summed E-state index contributed by atoms with van der Waals surface area (Å²) in [5, 5.41) is 13.8.